The molecule has 7 nitrogen and oxygen atoms in total. The van der Waals surface area contributed by atoms with Crippen molar-refractivity contribution in [3.8, 4) is 0 Å². The van der Waals surface area contributed by atoms with E-state index in [1.54, 1.807) is 12.3 Å². The maximum Gasteiger partial charge on any atom is 0.267 e. The van der Waals surface area contributed by atoms with Crippen LogP contribution in [0.2, 0.25) is 0 Å². The molecule has 0 radical (unpaired) electrons. The molecular weight excluding hydrogens is 300 g/mol. The lowest BCUT2D eigenvalue weighted by Gasteiger charge is -2.20. The molecule has 0 unspecified atom stereocenters. The molecule has 2 aromatic heterocycles. The lowest BCUT2D eigenvalue weighted by atomic mass is 10.1. The van der Waals surface area contributed by atoms with Crippen molar-refractivity contribution >= 4 is 28.9 Å². The van der Waals surface area contributed by atoms with E-state index in [1.807, 2.05) is 11.0 Å². The molecule has 0 aliphatic carbocycles. The van der Waals surface area contributed by atoms with Gasteiger partial charge in [-0.05, 0) is 42.9 Å². The van der Waals surface area contributed by atoms with Crippen molar-refractivity contribution in [2.45, 2.75) is 25.3 Å². The summed E-state index contributed by atoms with van der Waals surface area (Å²) in [6.07, 6.45) is 6.18. The summed E-state index contributed by atoms with van der Waals surface area (Å²) in [5.41, 5.74) is 6.55. The topological polar surface area (TPSA) is 97.0 Å². The number of nitrogens with two attached hydrogens (primary N) is 1. The van der Waals surface area contributed by atoms with Crippen LogP contribution in [-0.2, 0) is 0 Å². The Balaban J connectivity index is 1.58. The molecule has 1 atom stereocenters. The number of amides is 1. The molecule has 3 N–H and O–H groups in total. The van der Waals surface area contributed by atoms with Crippen LogP contribution in [0.5, 0.6) is 0 Å². The number of likely N-dealkylation sites (tertiary alicyclic amines) is 1. The molecule has 3 heterocycles. The summed E-state index contributed by atoms with van der Waals surface area (Å²) in [5, 5.41) is 7.20. The highest BCUT2D eigenvalue weighted by Crippen LogP contribution is 2.18. The fourth-order valence-electron chi connectivity index (χ4n) is 2.59. The molecule has 22 heavy (non-hydrogen) atoms. The largest absolute Gasteiger partial charge is 0.384 e. The van der Waals surface area contributed by atoms with E-state index >= 15 is 0 Å². The zero-order valence-corrected chi connectivity index (χ0v) is 12.9. The van der Waals surface area contributed by atoms with Gasteiger partial charge in [-0.3, -0.25) is 4.79 Å². The Labute approximate surface area is 132 Å². The van der Waals surface area contributed by atoms with Crippen LogP contribution in [0, 0.1) is 0 Å². The van der Waals surface area contributed by atoms with Crippen molar-refractivity contribution in [2.75, 3.05) is 24.1 Å². The van der Waals surface area contributed by atoms with Gasteiger partial charge in [-0.1, -0.05) is 4.49 Å². The highest BCUT2D eigenvalue weighted by atomic mass is 32.1. The van der Waals surface area contributed by atoms with Crippen molar-refractivity contribution < 1.29 is 4.79 Å². The van der Waals surface area contributed by atoms with Gasteiger partial charge in [0.1, 0.15) is 10.7 Å². The summed E-state index contributed by atoms with van der Waals surface area (Å²) in [5.74, 6) is 0.547. The third kappa shape index (κ3) is 3.51. The Morgan fingerprint density at radius 3 is 2.95 bits per heavy atom. The highest BCUT2D eigenvalue weighted by molar-refractivity contribution is 7.07. The first-order chi connectivity index (χ1) is 10.7. The molecular formula is C14H18N6OS. The SMILES string of the molecule is Nc1ccc(N[C@H]2CCCN(C(=O)c3cnns3)CC2)cn1. The average Bonchev–Trinajstić information content (AvgIpc) is 2.96. The zero-order valence-electron chi connectivity index (χ0n) is 12.1. The van der Waals surface area contributed by atoms with Gasteiger partial charge >= 0.3 is 0 Å². The molecule has 0 spiro atoms. The third-order valence-corrected chi connectivity index (χ3v) is 4.40. The molecule has 1 aliphatic rings. The van der Waals surface area contributed by atoms with Gasteiger partial charge in [0, 0.05) is 19.1 Å². The number of rotatable bonds is 3. The van der Waals surface area contributed by atoms with Gasteiger partial charge in [0.25, 0.3) is 5.91 Å². The standard InChI is InChI=1S/C14H18N6OS/c15-13-4-3-11(8-16-13)18-10-2-1-6-20(7-5-10)14(21)12-9-17-19-22-12/h3-4,8-10,18H,1-2,5-7H2,(H2,15,16)/t10-/m0/s1. The minimum atomic E-state index is 0.0322. The van der Waals surface area contributed by atoms with E-state index in [1.165, 1.54) is 6.20 Å². The third-order valence-electron chi connectivity index (χ3n) is 3.74. The maximum atomic E-state index is 12.3. The van der Waals surface area contributed by atoms with Gasteiger partial charge < -0.3 is 16.0 Å². The van der Waals surface area contributed by atoms with E-state index in [0.29, 0.717) is 16.7 Å². The Bertz CT molecular complexity index is 615. The fourth-order valence-corrected chi connectivity index (χ4v) is 3.07. The van der Waals surface area contributed by atoms with Gasteiger partial charge in [-0.15, -0.1) is 5.10 Å². The van der Waals surface area contributed by atoms with Gasteiger partial charge in [-0.25, -0.2) is 4.98 Å². The smallest absolute Gasteiger partial charge is 0.267 e. The normalized spacial score (nSPS) is 18.7. The van der Waals surface area contributed by atoms with Crippen LogP contribution >= 0.6 is 11.5 Å². The molecule has 0 aromatic carbocycles. The van der Waals surface area contributed by atoms with Gasteiger partial charge in [0.2, 0.25) is 0 Å². The number of anilines is 2. The minimum absolute atomic E-state index is 0.0322. The number of nitrogens with zero attached hydrogens (tertiary/aromatic N) is 4. The van der Waals surface area contributed by atoms with Gasteiger partial charge in [0.15, 0.2) is 0 Å². The number of hydrogen-bond acceptors (Lipinski definition) is 7. The summed E-state index contributed by atoms with van der Waals surface area (Å²) in [7, 11) is 0. The second-order valence-electron chi connectivity index (χ2n) is 5.32. The van der Waals surface area contributed by atoms with E-state index in [-0.39, 0.29) is 5.91 Å². The van der Waals surface area contributed by atoms with E-state index in [0.717, 1.165) is 49.6 Å². The summed E-state index contributed by atoms with van der Waals surface area (Å²) < 4.78 is 3.75. The van der Waals surface area contributed by atoms with Gasteiger partial charge in [0.05, 0.1) is 18.1 Å². The molecule has 0 bridgehead atoms. The number of carbonyl (C=O) groups excluding carboxylic acids is 1. The van der Waals surface area contributed by atoms with Gasteiger partial charge in [-0.2, -0.15) is 0 Å². The molecule has 1 fully saturated rings. The lowest BCUT2D eigenvalue weighted by Crippen LogP contribution is -2.32. The minimum Gasteiger partial charge on any atom is -0.384 e. The molecule has 1 aliphatic heterocycles. The Morgan fingerprint density at radius 1 is 1.32 bits per heavy atom. The average molecular weight is 318 g/mol. The monoisotopic (exact) mass is 318 g/mol. The Hall–Kier alpha value is -2.22. The second kappa shape index (κ2) is 6.69. The van der Waals surface area contributed by atoms with Crippen LogP contribution in [0.25, 0.3) is 0 Å². The predicted molar refractivity (Wildman–Crippen MR) is 85.7 cm³/mol. The fraction of sp³-hybridized carbons (Fsp3) is 0.429. The molecule has 1 amide bonds. The summed E-state index contributed by atoms with van der Waals surface area (Å²) in [6, 6.07) is 4.05. The zero-order chi connectivity index (χ0) is 15.4. The van der Waals surface area contributed by atoms with E-state index in [2.05, 4.69) is 19.9 Å². The van der Waals surface area contributed by atoms with Crippen molar-refractivity contribution in [2.24, 2.45) is 0 Å². The number of nitrogen functional groups attached to an aromatic ring is 1. The first-order valence-corrected chi connectivity index (χ1v) is 8.04. The molecule has 3 rings (SSSR count). The quantitative estimate of drug-likeness (QED) is 0.892. The van der Waals surface area contributed by atoms with Crippen molar-refractivity contribution in [1.29, 1.82) is 0 Å². The number of pyridine rings is 1. The summed E-state index contributed by atoms with van der Waals surface area (Å²) >= 11 is 1.15. The summed E-state index contributed by atoms with van der Waals surface area (Å²) in [4.78, 5) is 18.9. The maximum absolute atomic E-state index is 12.3. The van der Waals surface area contributed by atoms with E-state index in [9.17, 15) is 4.79 Å². The number of hydrogen-bond donors (Lipinski definition) is 2. The van der Waals surface area contributed by atoms with Crippen molar-refractivity contribution in [3.63, 3.8) is 0 Å². The summed E-state index contributed by atoms with van der Waals surface area (Å²) in [6.45, 7) is 1.51. The van der Waals surface area contributed by atoms with Crippen LogP contribution in [0.4, 0.5) is 11.5 Å². The van der Waals surface area contributed by atoms with Crippen LogP contribution in [0.1, 0.15) is 28.9 Å². The molecule has 8 heteroatoms. The second-order valence-corrected chi connectivity index (χ2v) is 6.10. The van der Waals surface area contributed by atoms with Crippen LogP contribution in [-0.4, -0.2) is 44.5 Å². The van der Waals surface area contributed by atoms with Crippen LogP contribution < -0.4 is 11.1 Å². The predicted octanol–water partition coefficient (Wildman–Crippen LogP) is 1.62. The van der Waals surface area contributed by atoms with Crippen LogP contribution in [0.3, 0.4) is 0 Å². The van der Waals surface area contributed by atoms with Crippen molar-refractivity contribution in [1.82, 2.24) is 19.5 Å². The Kier molecular flexibility index (Phi) is 4.47. The highest BCUT2D eigenvalue weighted by Gasteiger charge is 2.22. The van der Waals surface area contributed by atoms with E-state index < -0.39 is 0 Å². The number of nitrogens with one attached hydrogen (secondary N) is 1. The van der Waals surface area contributed by atoms with Crippen LogP contribution in [0.15, 0.2) is 24.5 Å². The van der Waals surface area contributed by atoms with Crippen molar-refractivity contribution in [3.05, 3.63) is 29.4 Å². The van der Waals surface area contributed by atoms with E-state index in [4.69, 9.17) is 5.73 Å². The number of aromatic nitrogens is 3. The lowest BCUT2D eigenvalue weighted by molar-refractivity contribution is 0.0766. The first-order valence-electron chi connectivity index (χ1n) is 7.27. The first kappa shape index (κ1) is 14.7. The molecule has 0 saturated carbocycles. The molecule has 2 aromatic rings. The molecule has 1 saturated heterocycles. The Morgan fingerprint density at radius 2 is 2.23 bits per heavy atom. The number of carbonyl (C=O) groups is 1. The molecule has 116 valence electrons.